The molecule has 2 aliphatic heterocycles. The maximum absolute atomic E-state index is 14.3. The number of hydrogen-bond acceptors (Lipinski definition) is 5. The minimum absolute atomic E-state index is 0.0608. The number of nitrogens with zero attached hydrogens (tertiary/aromatic N) is 2. The Kier molecular flexibility index (Phi) is 9.93. The van der Waals surface area contributed by atoms with Crippen LogP contribution >= 0.6 is 0 Å². The second kappa shape index (κ2) is 14.1. The number of halogens is 3. The first-order valence-corrected chi connectivity index (χ1v) is 15.1. The monoisotopic (exact) mass is 636 g/mol. The zero-order valence-corrected chi connectivity index (χ0v) is 25.3. The van der Waals surface area contributed by atoms with Gasteiger partial charge in [-0.15, -0.1) is 0 Å². The number of rotatable bonds is 5. The van der Waals surface area contributed by atoms with Crippen LogP contribution in [0.3, 0.4) is 0 Å². The molecular weight excluding hydrogens is 601 g/mol. The number of benzene rings is 3. The van der Waals surface area contributed by atoms with E-state index in [9.17, 15) is 32.3 Å². The maximum atomic E-state index is 14.3. The van der Waals surface area contributed by atoms with Crippen molar-refractivity contribution in [1.82, 2.24) is 20.4 Å². The summed E-state index contributed by atoms with van der Waals surface area (Å²) in [5.74, 6) is -1.52. The Balaban J connectivity index is 1.57. The van der Waals surface area contributed by atoms with Crippen LogP contribution in [0.15, 0.2) is 78.9 Å². The second-order valence-electron chi connectivity index (χ2n) is 11.6. The van der Waals surface area contributed by atoms with Crippen molar-refractivity contribution in [3.8, 4) is 11.5 Å². The lowest BCUT2D eigenvalue weighted by atomic mass is 9.99. The highest BCUT2D eigenvalue weighted by Gasteiger charge is 2.39. The largest absolute Gasteiger partial charge is 0.457 e. The van der Waals surface area contributed by atoms with Crippen LogP contribution in [0.4, 0.5) is 13.2 Å². The van der Waals surface area contributed by atoms with E-state index in [4.69, 9.17) is 4.74 Å². The number of hydrogen-bond donors (Lipinski definition) is 2. The molecule has 0 spiro atoms. The van der Waals surface area contributed by atoms with Crippen LogP contribution in [0.25, 0.3) is 0 Å². The van der Waals surface area contributed by atoms with E-state index in [-0.39, 0.29) is 25.2 Å². The van der Waals surface area contributed by atoms with E-state index < -0.39 is 48.6 Å². The molecule has 0 radical (unpaired) electrons. The van der Waals surface area contributed by atoms with Crippen molar-refractivity contribution in [2.45, 2.75) is 56.4 Å². The van der Waals surface area contributed by atoms with Gasteiger partial charge in [-0.25, -0.2) is 0 Å². The fourth-order valence-corrected chi connectivity index (χ4v) is 5.82. The molecule has 3 aromatic rings. The van der Waals surface area contributed by atoms with E-state index in [2.05, 4.69) is 5.32 Å². The predicted molar refractivity (Wildman–Crippen MR) is 163 cm³/mol. The van der Waals surface area contributed by atoms with Gasteiger partial charge >= 0.3 is 6.18 Å². The first kappa shape index (κ1) is 32.5. The molecule has 5 rings (SSSR count). The van der Waals surface area contributed by atoms with Crippen molar-refractivity contribution in [1.29, 1.82) is 0 Å². The highest BCUT2D eigenvalue weighted by molar-refractivity contribution is 5.95. The standard InChI is InChI=1S/C34H35F3N4O5/c1-40-28(19-22-8-3-2-4-9-22)32(44)39-27(31(43)38-21-34(35,36)37)18-23-10-5-12-25(16-23)46-26-13-6-11-24(17-26)20-29(33(40)45)41-15-7-14-30(41)42/h2-6,8-13,16-17,27-29H,7,14-15,18-21H2,1H3,(H,38,43)(H,39,44)/t27-,28-,29-/m0/s1. The molecule has 3 atom stereocenters. The van der Waals surface area contributed by atoms with Crippen molar-refractivity contribution < 1.29 is 37.1 Å². The molecule has 12 heteroatoms. The fraction of sp³-hybridized carbons (Fsp3) is 0.353. The number of alkyl halides is 3. The molecule has 242 valence electrons. The molecule has 3 aromatic carbocycles. The average Bonchev–Trinajstić information content (AvgIpc) is 3.45. The number of carbonyl (C=O) groups excluding carboxylic acids is 4. The summed E-state index contributed by atoms with van der Waals surface area (Å²) < 4.78 is 45.2. The highest BCUT2D eigenvalue weighted by atomic mass is 19.4. The molecule has 0 aliphatic carbocycles. The van der Waals surface area contributed by atoms with Crippen LogP contribution in [-0.4, -0.2) is 77.9 Å². The summed E-state index contributed by atoms with van der Waals surface area (Å²) in [7, 11) is 1.47. The van der Waals surface area contributed by atoms with Crippen LogP contribution in [-0.2, 0) is 38.4 Å². The maximum Gasteiger partial charge on any atom is 0.405 e. The third kappa shape index (κ3) is 8.23. The van der Waals surface area contributed by atoms with Crippen LogP contribution in [0, 0.1) is 0 Å². The predicted octanol–water partition coefficient (Wildman–Crippen LogP) is 3.80. The van der Waals surface area contributed by atoms with Crippen LogP contribution in [0.1, 0.15) is 29.5 Å². The Labute approximate surface area is 264 Å². The molecule has 46 heavy (non-hydrogen) atoms. The van der Waals surface area contributed by atoms with Gasteiger partial charge in [0.2, 0.25) is 23.6 Å². The number of likely N-dealkylation sites (tertiary alicyclic amines) is 1. The molecule has 4 bridgehead atoms. The molecule has 4 amide bonds. The molecule has 2 aliphatic rings. The molecule has 0 unspecified atom stereocenters. The molecular formula is C34H35F3N4O5. The average molecular weight is 637 g/mol. The Hall–Kier alpha value is -4.87. The highest BCUT2D eigenvalue weighted by Crippen LogP contribution is 2.27. The molecule has 2 heterocycles. The van der Waals surface area contributed by atoms with Gasteiger partial charge in [0, 0.05) is 39.3 Å². The summed E-state index contributed by atoms with van der Waals surface area (Å²) in [6.07, 6.45) is -3.69. The molecule has 9 nitrogen and oxygen atoms in total. The van der Waals surface area contributed by atoms with E-state index in [1.807, 2.05) is 11.4 Å². The molecule has 1 fully saturated rings. The first-order valence-electron chi connectivity index (χ1n) is 15.1. The SMILES string of the molecule is CN1C(=O)[C@@H](N2CCCC2=O)Cc2cccc(c2)Oc2cccc(c2)C[C@@H](C(=O)NCC(F)(F)F)NC(=O)[C@@H]1Cc1ccccc1. The van der Waals surface area contributed by atoms with Gasteiger partial charge in [0.15, 0.2) is 0 Å². The molecule has 0 aromatic heterocycles. The van der Waals surface area contributed by atoms with Gasteiger partial charge < -0.3 is 25.2 Å². The third-order valence-corrected chi connectivity index (χ3v) is 8.16. The topological polar surface area (TPSA) is 108 Å². The van der Waals surface area contributed by atoms with Gasteiger partial charge in [-0.2, -0.15) is 13.2 Å². The minimum Gasteiger partial charge on any atom is -0.457 e. The second-order valence-corrected chi connectivity index (χ2v) is 11.6. The van der Waals surface area contributed by atoms with Gasteiger partial charge in [0.1, 0.15) is 36.2 Å². The fourth-order valence-electron chi connectivity index (χ4n) is 5.82. The number of nitrogens with one attached hydrogen (secondary N) is 2. The Morgan fingerprint density at radius 3 is 2.20 bits per heavy atom. The molecule has 0 saturated carbocycles. The van der Waals surface area contributed by atoms with Crippen molar-refractivity contribution >= 4 is 23.6 Å². The summed E-state index contributed by atoms with van der Waals surface area (Å²) in [5, 5.41) is 4.51. The zero-order chi connectivity index (χ0) is 32.8. The Morgan fingerprint density at radius 2 is 1.59 bits per heavy atom. The van der Waals surface area contributed by atoms with Gasteiger partial charge in [-0.1, -0.05) is 54.6 Å². The normalized spacial score (nSPS) is 21.0. The van der Waals surface area contributed by atoms with E-state index in [0.29, 0.717) is 36.4 Å². The van der Waals surface area contributed by atoms with Crippen LogP contribution in [0.5, 0.6) is 11.5 Å². The number of carbonyl (C=O) groups is 4. The lowest BCUT2D eigenvalue weighted by molar-refractivity contribution is -0.147. The number of ether oxygens (including phenoxy) is 1. The van der Waals surface area contributed by atoms with Crippen molar-refractivity contribution in [3.63, 3.8) is 0 Å². The number of fused-ring (bicyclic) bond motifs is 4. The van der Waals surface area contributed by atoms with Gasteiger partial charge in [0.05, 0.1) is 0 Å². The van der Waals surface area contributed by atoms with E-state index in [1.54, 1.807) is 72.8 Å². The summed E-state index contributed by atoms with van der Waals surface area (Å²) >= 11 is 0. The first-order chi connectivity index (χ1) is 22.0. The van der Waals surface area contributed by atoms with Crippen LogP contribution < -0.4 is 15.4 Å². The van der Waals surface area contributed by atoms with E-state index >= 15 is 0 Å². The van der Waals surface area contributed by atoms with Gasteiger partial charge in [0.25, 0.3) is 0 Å². The summed E-state index contributed by atoms with van der Waals surface area (Å²) in [6, 6.07) is 19.3. The lowest BCUT2D eigenvalue weighted by Crippen LogP contribution is -2.58. The molecule has 1 saturated heterocycles. The van der Waals surface area contributed by atoms with E-state index in [0.717, 1.165) is 11.1 Å². The van der Waals surface area contributed by atoms with E-state index in [1.165, 1.54) is 16.8 Å². The van der Waals surface area contributed by atoms with Gasteiger partial charge in [-0.3, -0.25) is 19.2 Å². The summed E-state index contributed by atoms with van der Waals surface area (Å²) in [4.78, 5) is 57.2. The lowest BCUT2D eigenvalue weighted by Gasteiger charge is -2.35. The summed E-state index contributed by atoms with van der Waals surface area (Å²) in [5.41, 5.74) is 2.00. The Morgan fingerprint density at radius 1 is 0.935 bits per heavy atom. The number of amides is 4. The summed E-state index contributed by atoms with van der Waals surface area (Å²) in [6.45, 7) is -1.20. The van der Waals surface area contributed by atoms with Gasteiger partial charge in [-0.05, 0) is 47.4 Å². The van der Waals surface area contributed by atoms with Crippen LogP contribution in [0.2, 0.25) is 0 Å². The molecule has 2 N–H and O–H groups in total. The smallest absolute Gasteiger partial charge is 0.405 e. The number of likely N-dealkylation sites (N-methyl/N-ethyl adjacent to an activating group) is 1. The Bertz CT molecular complexity index is 1580. The van der Waals surface area contributed by atoms with Crippen molar-refractivity contribution in [2.75, 3.05) is 20.1 Å². The quantitative estimate of drug-likeness (QED) is 0.443. The zero-order valence-electron chi connectivity index (χ0n) is 25.3. The third-order valence-electron chi connectivity index (χ3n) is 8.16. The van der Waals surface area contributed by atoms with Crippen molar-refractivity contribution in [2.24, 2.45) is 0 Å². The van der Waals surface area contributed by atoms with Crippen molar-refractivity contribution in [3.05, 3.63) is 95.6 Å². The minimum atomic E-state index is -4.66.